The molecule has 100 valence electrons. The largest absolute Gasteiger partial charge is 0.493 e. The van der Waals surface area contributed by atoms with Crippen LogP contribution >= 0.6 is 0 Å². The van der Waals surface area contributed by atoms with Crippen molar-refractivity contribution in [3.8, 4) is 11.5 Å². The maximum Gasteiger partial charge on any atom is 0.307 e. The van der Waals surface area contributed by atoms with Crippen molar-refractivity contribution in [1.29, 1.82) is 0 Å². The van der Waals surface area contributed by atoms with Crippen LogP contribution in [0.4, 0.5) is 4.39 Å². The third kappa shape index (κ3) is 3.12. The van der Waals surface area contributed by atoms with Crippen LogP contribution in [0.2, 0.25) is 0 Å². The number of ether oxygens (including phenoxy) is 2. The normalized spacial score (nSPS) is 11.2. The molecule has 0 aromatic heterocycles. The SMILES string of the molecule is COc1cc(C(C)(C)F)cc(CC(=O)O)c1OC. The van der Waals surface area contributed by atoms with Crippen molar-refractivity contribution in [3.05, 3.63) is 23.3 Å². The molecular weight excluding hydrogens is 239 g/mol. The van der Waals surface area contributed by atoms with Gasteiger partial charge in [-0.1, -0.05) is 0 Å². The Hall–Kier alpha value is -1.78. The van der Waals surface area contributed by atoms with Gasteiger partial charge in [-0.2, -0.15) is 0 Å². The number of hydrogen-bond acceptors (Lipinski definition) is 3. The lowest BCUT2D eigenvalue weighted by Crippen LogP contribution is -2.12. The Bertz CT molecular complexity index is 449. The van der Waals surface area contributed by atoms with E-state index in [1.807, 2.05) is 0 Å². The summed E-state index contributed by atoms with van der Waals surface area (Å²) in [6, 6.07) is 3.01. The quantitative estimate of drug-likeness (QED) is 0.879. The van der Waals surface area contributed by atoms with Gasteiger partial charge in [-0.3, -0.25) is 4.79 Å². The molecule has 0 fully saturated rings. The number of carboxylic acid groups (broad SMARTS) is 1. The van der Waals surface area contributed by atoms with E-state index in [-0.39, 0.29) is 6.42 Å². The highest BCUT2D eigenvalue weighted by atomic mass is 19.1. The molecule has 0 atom stereocenters. The molecule has 0 radical (unpaired) electrons. The Balaban J connectivity index is 3.40. The fraction of sp³-hybridized carbons (Fsp3) is 0.462. The Labute approximate surface area is 105 Å². The summed E-state index contributed by atoms with van der Waals surface area (Å²) < 4.78 is 24.2. The summed E-state index contributed by atoms with van der Waals surface area (Å²) in [5.74, 6) is -0.353. The molecule has 5 heteroatoms. The van der Waals surface area contributed by atoms with Crippen molar-refractivity contribution in [2.24, 2.45) is 0 Å². The minimum atomic E-state index is -1.58. The Morgan fingerprint density at radius 1 is 1.33 bits per heavy atom. The van der Waals surface area contributed by atoms with Crippen LogP contribution in [0.25, 0.3) is 0 Å². The molecule has 1 N–H and O–H groups in total. The van der Waals surface area contributed by atoms with E-state index in [0.29, 0.717) is 22.6 Å². The molecule has 0 saturated carbocycles. The minimum absolute atomic E-state index is 0.247. The molecule has 1 aromatic carbocycles. The first-order valence-electron chi connectivity index (χ1n) is 5.45. The van der Waals surface area contributed by atoms with E-state index < -0.39 is 11.6 Å². The van der Waals surface area contributed by atoms with Crippen molar-refractivity contribution in [3.63, 3.8) is 0 Å². The summed E-state index contributed by atoms with van der Waals surface area (Å²) in [7, 11) is 2.85. The van der Waals surface area contributed by atoms with Crippen LogP contribution in [0.3, 0.4) is 0 Å². The van der Waals surface area contributed by atoms with Crippen molar-refractivity contribution in [2.45, 2.75) is 25.9 Å². The van der Waals surface area contributed by atoms with Crippen molar-refractivity contribution in [2.75, 3.05) is 14.2 Å². The second kappa shape index (κ2) is 5.25. The number of aliphatic carboxylic acids is 1. The van der Waals surface area contributed by atoms with Gasteiger partial charge in [0, 0.05) is 5.56 Å². The highest BCUT2D eigenvalue weighted by molar-refractivity contribution is 5.72. The van der Waals surface area contributed by atoms with E-state index in [4.69, 9.17) is 14.6 Å². The van der Waals surface area contributed by atoms with Crippen LogP contribution in [0.1, 0.15) is 25.0 Å². The fourth-order valence-electron chi connectivity index (χ4n) is 1.68. The lowest BCUT2D eigenvalue weighted by Gasteiger charge is -2.19. The van der Waals surface area contributed by atoms with E-state index in [2.05, 4.69) is 0 Å². The number of methoxy groups -OCH3 is 2. The van der Waals surface area contributed by atoms with Crippen LogP contribution in [-0.2, 0) is 16.9 Å². The zero-order valence-corrected chi connectivity index (χ0v) is 10.9. The molecule has 0 saturated heterocycles. The maximum atomic E-state index is 13.9. The van der Waals surface area contributed by atoms with Crippen LogP contribution in [0.15, 0.2) is 12.1 Å². The highest BCUT2D eigenvalue weighted by Crippen LogP contribution is 2.37. The molecule has 0 aliphatic heterocycles. The van der Waals surface area contributed by atoms with E-state index in [1.165, 1.54) is 40.2 Å². The van der Waals surface area contributed by atoms with Crippen LogP contribution in [-0.4, -0.2) is 25.3 Å². The number of halogens is 1. The summed E-state index contributed by atoms with van der Waals surface area (Å²) in [4.78, 5) is 10.8. The van der Waals surface area contributed by atoms with Gasteiger partial charge in [0.15, 0.2) is 11.5 Å². The zero-order chi connectivity index (χ0) is 13.9. The van der Waals surface area contributed by atoms with Crippen LogP contribution < -0.4 is 9.47 Å². The van der Waals surface area contributed by atoms with E-state index in [0.717, 1.165) is 0 Å². The van der Waals surface area contributed by atoms with Crippen LogP contribution in [0, 0.1) is 0 Å². The number of hydrogen-bond donors (Lipinski definition) is 1. The van der Waals surface area contributed by atoms with Gasteiger partial charge in [0.25, 0.3) is 0 Å². The first-order valence-corrected chi connectivity index (χ1v) is 5.45. The number of benzene rings is 1. The molecule has 18 heavy (non-hydrogen) atoms. The summed E-state index contributed by atoms with van der Waals surface area (Å²) in [6.07, 6.45) is -0.247. The Morgan fingerprint density at radius 3 is 2.33 bits per heavy atom. The van der Waals surface area contributed by atoms with E-state index >= 15 is 0 Å². The van der Waals surface area contributed by atoms with Crippen molar-refractivity contribution >= 4 is 5.97 Å². The molecule has 0 spiro atoms. The molecule has 1 rings (SSSR count). The molecule has 4 nitrogen and oxygen atoms in total. The van der Waals surface area contributed by atoms with Gasteiger partial charge < -0.3 is 14.6 Å². The Morgan fingerprint density at radius 2 is 1.94 bits per heavy atom. The standard InChI is InChI=1S/C13H17FO4/c1-13(2,14)9-5-8(6-11(15)16)12(18-4)10(7-9)17-3/h5,7H,6H2,1-4H3,(H,15,16). The third-order valence-electron chi connectivity index (χ3n) is 2.58. The first-order chi connectivity index (χ1) is 8.29. The summed E-state index contributed by atoms with van der Waals surface area (Å²) in [6.45, 7) is 2.80. The zero-order valence-electron chi connectivity index (χ0n) is 10.9. The number of carbonyl (C=O) groups is 1. The van der Waals surface area contributed by atoms with Gasteiger partial charge >= 0.3 is 5.97 Å². The third-order valence-corrected chi connectivity index (χ3v) is 2.58. The molecule has 0 aliphatic rings. The summed E-state index contributed by atoms with van der Waals surface area (Å²) in [5, 5.41) is 8.85. The van der Waals surface area contributed by atoms with Gasteiger partial charge in [0.2, 0.25) is 0 Å². The van der Waals surface area contributed by atoms with Gasteiger partial charge in [0.05, 0.1) is 20.6 Å². The summed E-state index contributed by atoms with van der Waals surface area (Å²) >= 11 is 0. The second-order valence-corrected chi connectivity index (χ2v) is 4.41. The second-order valence-electron chi connectivity index (χ2n) is 4.41. The molecule has 0 bridgehead atoms. The van der Waals surface area contributed by atoms with E-state index in [9.17, 15) is 9.18 Å². The molecule has 0 heterocycles. The number of alkyl halides is 1. The smallest absolute Gasteiger partial charge is 0.307 e. The lowest BCUT2D eigenvalue weighted by molar-refractivity contribution is -0.136. The molecule has 0 unspecified atom stereocenters. The van der Waals surface area contributed by atoms with Crippen molar-refractivity contribution in [1.82, 2.24) is 0 Å². The van der Waals surface area contributed by atoms with Gasteiger partial charge in [-0.05, 0) is 31.5 Å². The average molecular weight is 256 g/mol. The average Bonchev–Trinajstić information content (AvgIpc) is 2.25. The molecular formula is C13H17FO4. The van der Waals surface area contributed by atoms with Gasteiger partial charge in [-0.25, -0.2) is 4.39 Å². The maximum absolute atomic E-state index is 13.9. The molecule has 1 aromatic rings. The van der Waals surface area contributed by atoms with Gasteiger partial charge in [-0.15, -0.1) is 0 Å². The highest BCUT2D eigenvalue weighted by Gasteiger charge is 2.24. The number of rotatable bonds is 5. The van der Waals surface area contributed by atoms with E-state index in [1.54, 1.807) is 0 Å². The molecule has 0 amide bonds. The minimum Gasteiger partial charge on any atom is -0.493 e. The van der Waals surface area contributed by atoms with Crippen LogP contribution in [0.5, 0.6) is 11.5 Å². The number of carboxylic acids is 1. The molecule has 0 aliphatic carbocycles. The summed E-state index contributed by atoms with van der Waals surface area (Å²) in [5.41, 5.74) is -0.825. The first kappa shape index (κ1) is 14.3. The van der Waals surface area contributed by atoms with Crippen molar-refractivity contribution < 1.29 is 23.8 Å². The predicted molar refractivity (Wildman–Crippen MR) is 65.0 cm³/mol. The lowest BCUT2D eigenvalue weighted by atomic mass is 9.96. The monoisotopic (exact) mass is 256 g/mol. The van der Waals surface area contributed by atoms with Gasteiger partial charge in [0.1, 0.15) is 5.67 Å². The fourth-order valence-corrected chi connectivity index (χ4v) is 1.68. The topological polar surface area (TPSA) is 55.8 Å². The Kier molecular flexibility index (Phi) is 4.16. The predicted octanol–water partition coefficient (Wildman–Crippen LogP) is 2.54.